The number of unbranched alkanes of at least 4 members (excludes halogenated alkanes) is 9. The Balaban J connectivity index is -0.00000512. The molecule has 0 rings (SSSR count). The van der Waals surface area contributed by atoms with Crippen LogP contribution in [0.4, 0.5) is 0 Å². The van der Waals surface area contributed by atoms with E-state index >= 15 is 0 Å². The van der Waals surface area contributed by atoms with E-state index in [1.165, 1.54) is 6.92 Å². The number of rotatable bonds is 21. The molecule has 194 valence electrons. The molecule has 0 saturated carbocycles. The number of esters is 2. The summed E-state index contributed by atoms with van der Waals surface area (Å²) in [6.45, 7) is 3.16. The maximum Gasteiger partial charge on any atom is 1.00 e. The molecule has 13 heteroatoms. The van der Waals surface area contributed by atoms with Gasteiger partial charge in [-0.15, -0.1) is 0 Å². The third-order valence-electron chi connectivity index (χ3n) is 4.81. The summed E-state index contributed by atoms with van der Waals surface area (Å²) in [5, 5.41) is 2.72. The zero-order valence-corrected chi connectivity index (χ0v) is 26.9. The summed E-state index contributed by atoms with van der Waals surface area (Å²) in [6, 6.07) is 0. The minimum Gasteiger partial charge on any atom is -0.790 e. The number of amides is 1. The Kier molecular flexibility index (Phi) is 29.9. The molecular formula is C22H40NNa2O9P. The molecule has 0 aliphatic rings. The summed E-state index contributed by atoms with van der Waals surface area (Å²) in [7, 11) is -5.24. The van der Waals surface area contributed by atoms with Crippen LogP contribution in [0, 0.1) is 0 Å². The van der Waals surface area contributed by atoms with Gasteiger partial charge in [0.05, 0.1) is 14.4 Å². The van der Waals surface area contributed by atoms with E-state index in [2.05, 4.69) is 16.8 Å². The Morgan fingerprint density at radius 3 is 1.86 bits per heavy atom. The fraction of sp³-hybridized carbons (Fsp3) is 0.864. The molecule has 0 unspecified atom stereocenters. The van der Waals surface area contributed by atoms with Crippen molar-refractivity contribution in [1.29, 1.82) is 0 Å². The molecule has 0 bridgehead atoms. The van der Waals surface area contributed by atoms with Gasteiger partial charge in [0, 0.05) is 26.3 Å². The smallest absolute Gasteiger partial charge is 0.790 e. The van der Waals surface area contributed by atoms with Crippen LogP contribution in [0.3, 0.4) is 0 Å². The number of ether oxygens (including phenoxy) is 2. The van der Waals surface area contributed by atoms with E-state index < -0.39 is 32.5 Å². The van der Waals surface area contributed by atoms with E-state index in [1.54, 1.807) is 0 Å². The van der Waals surface area contributed by atoms with Gasteiger partial charge in [0.2, 0.25) is 5.91 Å². The van der Waals surface area contributed by atoms with Crippen LogP contribution >= 0.6 is 7.82 Å². The number of phosphoric ester groups is 1. The molecule has 0 aliphatic carbocycles. The van der Waals surface area contributed by atoms with Crippen molar-refractivity contribution in [2.75, 3.05) is 19.8 Å². The average Bonchev–Trinajstić information content (AvgIpc) is 2.73. The first-order valence-electron chi connectivity index (χ1n) is 11.9. The standard InChI is InChI=1S/C22H42NO9P.2Na/c1-3-4-5-6-8-12-15-22(26)32-20(18-31-33(27,28)29)17-30-21(25)14-11-9-7-10-13-16-23-19(2)24;;/h20H,3-18H2,1-2H3,(H,23,24)(H2,27,28,29);;/q;2*+1/p-2/t20-;;/m0../s1. The maximum absolute atomic E-state index is 12.0. The van der Waals surface area contributed by atoms with Gasteiger partial charge in [0.25, 0.3) is 0 Å². The molecule has 0 saturated heterocycles. The number of hydrogen-bond donors (Lipinski definition) is 1. The number of carbonyl (C=O) groups excluding carboxylic acids is 3. The minimum atomic E-state index is -5.24. The monoisotopic (exact) mass is 539 g/mol. The third kappa shape index (κ3) is 30.6. The van der Waals surface area contributed by atoms with Crippen molar-refractivity contribution in [3.05, 3.63) is 0 Å². The summed E-state index contributed by atoms with van der Waals surface area (Å²) in [5.74, 6) is -1.11. The normalized spacial score (nSPS) is 11.5. The second kappa shape index (κ2) is 26.1. The Morgan fingerprint density at radius 2 is 1.31 bits per heavy atom. The predicted molar refractivity (Wildman–Crippen MR) is 119 cm³/mol. The van der Waals surface area contributed by atoms with Gasteiger partial charge < -0.3 is 33.7 Å². The summed E-state index contributed by atoms with van der Waals surface area (Å²) in [6.07, 6.45) is 9.28. The minimum absolute atomic E-state index is 0. The van der Waals surface area contributed by atoms with Gasteiger partial charge in [-0.1, -0.05) is 58.3 Å². The van der Waals surface area contributed by atoms with Crippen LogP contribution in [0.1, 0.15) is 97.3 Å². The van der Waals surface area contributed by atoms with Crippen LogP contribution in [-0.4, -0.2) is 43.7 Å². The third-order valence-corrected chi connectivity index (χ3v) is 5.28. The van der Waals surface area contributed by atoms with E-state index in [0.717, 1.165) is 57.8 Å². The van der Waals surface area contributed by atoms with E-state index in [4.69, 9.17) is 9.47 Å². The van der Waals surface area contributed by atoms with Gasteiger partial charge in [-0.25, -0.2) is 0 Å². The number of hydrogen-bond acceptors (Lipinski definition) is 9. The van der Waals surface area contributed by atoms with Gasteiger partial charge in [-0.05, 0) is 19.3 Å². The molecule has 0 radical (unpaired) electrons. The molecule has 0 aromatic rings. The van der Waals surface area contributed by atoms with E-state index in [1.807, 2.05) is 0 Å². The first-order valence-corrected chi connectivity index (χ1v) is 13.4. The quantitative estimate of drug-likeness (QED) is 0.0678. The van der Waals surface area contributed by atoms with Crippen molar-refractivity contribution < 1.29 is 102 Å². The Morgan fingerprint density at radius 1 is 0.800 bits per heavy atom. The van der Waals surface area contributed by atoms with E-state index in [-0.39, 0.29) is 84.5 Å². The van der Waals surface area contributed by atoms with Crippen LogP contribution in [-0.2, 0) is 32.9 Å². The van der Waals surface area contributed by atoms with Crippen LogP contribution in [0.5, 0.6) is 0 Å². The topological polar surface area (TPSA) is 154 Å². The summed E-state index contributed by atoms with van der Waals surface area (Å²) < 4.78 is 25.2. The molecule has 0 aliphatic heterocycles. The van der Waals surface area contributed by atoms with Gasteiger partial charge >= 0.3 is 71.1 Å². The molecular weight excluding hydrogens is 499 g/mol. The van der Waals surface area contributed by atoms with Crippen molar-refractivity contribution in [3.63, 3.8) is 0 Å². The zero-order chi connectivity index (χ0) is 25.0. The number of carbonyl (C=O) groups is 3. The SMILES string of the molecule is CCCCCCCCC(=O)O[C@@H](COC(=O)CCCCCCCNC(C)=O)COP(=O)([O-])[O-].[Na+].[Na+]. The maximum atomic E-state index is 12.0. The van der Waals surface area contributed by atoms with Gasteiger partial charge in [0.15, 0.2) is 6.10 Å². The molecule has 0 aromatic heterocycles. The molecule has 1 N–H and O–H groups in total. The fourth-order valence-electron chi connectivity index (χ4n) is 3.03. The molecule has 10 nitrogen and oxygen atoms in total. The second-order valence-corrected chi connectivity index (χ2v) is 9.21. The average molecular weight is 540 g/mol. The summed E-state index contributed by atoms with van der Waals surface area (Å²) >= 11 is 0. The predicted octanol–water partition coefficient (Wildman–Crippen LogP) is -3.48. The van der Waals surface area contributed by atoms with Crippen LogP contribution in [0.15, 0.2) is 0 Å². The number of phosphoric acid groups is 1. The molecule has 1 amide bonds. The second-order valence-electron chi connectivity index (χ2n) is 8.06. The van der Waals surface area contributed by atoms with Crippen LogP contribution in [0.2, 0.25) is 0 Å². The first-order chi connectivity index (χ1) is 15.6. The number of nitrogens with one attached hydrogen (secondary N) is 1. The van der Waals surface area contributed by atoms with Crippen LogP contribution in [0.25, 0.3) is 0 Å². The molecule has 0 heterocycles. The Bertz CT molecular complexity index is 605. The van der Waals surface area contributed by atoms with Crippen molar-refractivity contribution >= 4 is 25.7 Å². The molecule has 0 spiro atoms. The molecule has 1 atom stereocenters. The van der Waals surface area contributed by atoms with E-state index in [0.29, 0.717) is 19.4 Å². The van der Waals surface area contributed by atoms with Gasteiger partial charge in [-0.2, -0.15) is 0 Å². The largest absolute Gasteiger partial charge is 1.00 e. The zero-order valence-electron chi connectivity index (χ0n) is 22.0. The van der Waals surface area contributed by atoms with E-state index in [9.17, 15) is 28.7 Å². The van der Waals surface area contributed by atoms with Gasteiger partial charge in [-0.3, -0.25) is 14.4 Å². The Hall–Kier alpha value is 0.520. The Labute approximate surface area is 254 Å². The van der Waals surface area contributed by atoms with Crippen molar-refractivity contribution in [1.82, 2.24) is 5.32 Å². The fourth-order valence-corrected chi connectivity index (χ4v) is 3.38. The first kappa shape index (κ1) is 40.0. The van der Waals surface area contributed by atoms with Crippen molar-refractivity contribution in [2.45, 2.75) is 103 Å². The summed E-state index contributed by atoms with van der Waals surface area (Å²) in [4.78, 5) is 56.2. The van der Waals surface area contributed by atoms with Crippen molar-refractivity contribution in [2.24, 2.45) is 0 Å². The molecule has 0 aromatic carbocycles. The van der Waals surface area contributed by atoms with Crippen LogP contribution < -0.4 is 74.2 Å². The van der Waals surface area contributed by atoms with Crippen molar-refractivity contribution in [3.8, 4) is 0 Å². The summed E-state index contributed by atoms with van der Waals surface area (Å²) in [5.41, 5.74) is 0. The molecule has 35 heavy (non-hydrogen) atoms. The van der Waals surface area contributed by atoms with Gasteiger partial charge in [0.1, 0.15) is 6.61 Å². The molecule has 0 fully saturated rings.